The third kappa shape index (κ3) is 4.85. The molecule has 1 aromatic heterocycles. The minimum absolute atomic E-state index is 0.128. The molecule has 0 radical (unpaired) electrons. The smallest absolute Gasteiger partial charge is 0.253 e. The number of carbonyl (C=O) groups excluding carboxylic acids is 1. The van der Waals surface area contributed by atoms with Gasteiger partial charge in [0.15, 0.2) is 12.0 Å². The fourth-order valence-corrected chi connectivity index (χ4v) is 4.33. The molecule has 0 bridgehead atoms. The maximum atomic E-state index is 13.6. The lowest BCUT2D eigenvalue weighted by atomic mass is 10.1. The summed E-state index contributed by atoms with van der Waals surface area (Å²) in [6.45, 7) is 2.15. The van der Waals surface area contributed by atoms with Gasteiger partial charge in [-0.2, -0.15) is 0 Å². The summed E-state index contributed by atoms with van der Waals surface area (Å²) >= 11 is 3.44. The summed E-state index contributed by atoms with van der Waals surface area (Å²) in [6, 6.07) is 21.1. The maximum Gasteiger partial charge on any atom is 0.253 e. The molecule has 0 unspecified atom stereocenters. The Morgan fingerprint density at radius 3 is 2.34 bits per heavy atom. The topological polar surface area (TPSA) is 81.6 Å². The van der Waals surface area contributed by atoms with Crippen LogP contribution in [0.3, 0.4) is 0 Å². The number of halogens is 2. The van der Waals surface area contributed by atoms with Gasteiger partial charge in [-0.3, -0.25) is 4.79 Å². The highest BCUT2D eigenvalue weighted by Crippen LogP contribution is 2.39. The van der Waals surface area contributed by atoms with Crippen LogP contribution >= 0.6 is 15.9 Å². The zero-order chi connectivity index (χ0) is 24.5. The van der Waals surface area contributed by atoms with Crippen LogP contribution in [-0.2, 0) is 16.0 Å². The van der Waals surface area contributed by atoms with Crippen LogP contribution in [0.5, 0.6) is 0 Å². The third-order valence-electron chi connectivity index (χ3n) is 5.95. The van der Waals surface area contributed by atoms with Crippen molar-refractivity contribution in [2.45, 2.75) is 25.7 Å². The van der Waals surface area contributed by atoms with Crippen molar-refractivity contribution in [2.75, 3.05) is 12.3 Å². The molecule has 2 atom stereocenters. The molecule has 0 spiro atoms. The number of carbonyl (C=O) groups is 1. The Hall–Kier alpha value is -3.49. The Labute approximate surface area is 210 Å². The summed E-state index contributed by atoms with van der Waals surface area (Å²) in [6.07, 6.45) is -0.769. The van der Waals surface area contributed by atoms with Crippen LogP contribution in [0.15, 0.2) is 81.7 Å². The number of nitrogen functional groups attached to an aromatic ring is 1. The Morgan fingerprint density at radius 1 is 1.00 bits per heavy atom. The summed E-state index contributed by atoms with van der Waals surface area (Å²) in [5.41, 5.74) is 9.48. The highest BCUT2D eigenvalue weighted by molar-refractivity contribution is 9.10. The molecule has 0 saturated carbocycles. The molecule has 4 aromatic rings. The van der Waals surface area contributed by atoms with E-state index in [1.165, 1.54) is 12.1 Å². The normalized spacial score (nSPS) is 17.8. The highest BCUT2D eigenvalue weighted by Gasteiger charge is 2.42. The lowest BCUT2D eigenvalue weighted by molar-refractivity contribution is -0.130. The van der Waals surface area contributed by atoms with Gasteiger partial charge in [0.2, 0.25) is 5.89 Å². The second-order valence-electron chi connectivity index (χ2n) is 8.40. The number of amides is 1. The van der Waals surface area contributed by atoms with E-state index < -0.39 is 12.3 Å². The number of anilines is 1. The van der Waals surface area contributed by atoms with E-state index in [1.807, 2.05) is 48.5 Å². The van der Waals surface area contributed by atoms with Crippen molar-refractivity contribution in [3.05, 3.63) is 94.4 Å². The largest absolute Gasteiger partial charge is 0.436 e. The predicted octanol–water partition coefficient (Wildman–Crippen LogP) is 5.98. The average molecular weight is 536 g/mol. The zero-order valence-electron chi connectivity index (χ0n) is 18.9. The molecule has 178 valence electrons. The van der Waals surface area contributed by atoms with E-state index in [0.29, 0.717) is 41.6 Å². The Bertz CT molecular complexity index is 1340. The van der Waals surface area contributed by atoms with Crippen molar-refractivity contribution in [1.29, 1.82) is 0 Å². The second kappa shape index (κ2) is 9.64. The summed E-state index contributed by atoms with van der Waals surface area (Å²) in [5.74, 6) is 0.320. The van der Waals surface area contributed by atoms with Gasteiger partial charge < -0.3 is 19.8 Å². The first-order valence-corrected chi connectivity index (χ1v) is 12.0. The number of oxazole rings is 1. The number of rotatable bonds is 6. The number of nitrogens with zero attached hydrogens (tertiary/aromatic N) is 2. The van der Waals surface area contributed by atoms with E-state index in [4.69, 9.17) is 19.9 Å². The molecule has 35 heavy (non-hydrogen) atoms. The third-order valence-corrected chi connectivity index (χ3v) is 6.48. The zero-order valence-corrected chi connectivity index (χ0v) is 20.5. The highest BCUT2D eigenvalue weighted by atomic mass is 79.9. The van der Waals surface area contributed by atoms with Crippen LogP contribution in [0.2, 0.25) is 0 Å². The van der Waals surface area contributed by atoms with Gasteiger partial charge in [-0.1, -0.05) is 28.1 Å². The van der Waals surface area contributed by atoms with Gasteiger partial charge in [0, 0.05) is 27.8 Å². The van der Waals surface area contributed by atoms with E-state index in [0.717, 1.165) is 15.6 Å². The molecular weight excluding hydrogens is 513 g/mol. The van der Waals surface area contributed by atoms with Gasteiger partial charge in [0.05, 0.1) is 0 Å². The van der Waals surface area contributed by atoms with Gasteiger partial charge in [0.25, 0.3) is 5.91 Å². The molecule has 1 amide bonds. The Morgan fingerprint density at radius 2 is 1.66 bits per heavy atom. The molecule has 3 aromatic carbocycles. The number of nitrogens with two attached hydrogens (primary N) is 1. The first-order chi connectivity index (χ1) is 16.9. The van der Waals surface area contributed by atoms with Crippen molar-refractivity contribution >= 4 is 27.5 Å². The van der Waals surface area contributed by atoms with E-state index in [1.54, 1.807) is 24.0 Å². The standard InChI is InChI=1S/C27H23BrFN3O3/c1-16-26(33)32(15-14-17-2-12-22(30)13-3-17)27(34-16)24-23(18-6-10-21(29)11-7-18)31-25(35-24)19-4-8-20(28)9-5-19/h2-13,16,27H,14-15,30H2,1H3/t16-,27+/m0/s1. The molecule has 1 aliphatic heterocycles. The van der Waals surface area contributed by atoms with Crippen molar-refractivity contribution in [3.63, 3.8) is 0 Å². The lowest BCUT2D eigenvalue weighted by Crippen LogP contribution is -2.32. The Balaban J connectivity index is 1.53. The second-order valence-corrected chi connectivity index (χ2v) is 9.32. The van der Waals surface area contributed by atoms with Crippen LogP contribution in [0.4, 0.5) is 10.1 Å². The van der Waals surface area contributed by atoms with Gasteiger partial charge in [-0.25, -0.2) is 9.37 Å². The van der Waals surface area contributed by atoms with Crippen LogP contribution in [-0.4, -0.2) is 28.4 Å². The molecule has 1 saturated heterocycles. The summed E-state index contributed by atoms with van der Waals surface area (Å²) in [4.78, 5) is 19.4. The maximum absolute atomic E-state index is 13.6. The number of ether oxygens (including phenoxy) is 1. The molecule has 6 nitrogen and oxygen atoms in total. The van der Waals surface area contributed by atoms with Crippen LogP contribution < -0.4 is 5.73 Å². The van der Waals surface area contributed by atoms with Crippen LogP contribution in [0, 0.1) is 5.82 Å². The summed E-state index contributed by atoms with van der Waals surface area (Å²) in [5, 5.41) is 0. The molecule has 2 heterocycles. The van der Waals surface area contributed by atoms with E-state index >= 15 is 0 Å². The SMILES string of the molecule is C[C@@H]1O[C@H](c2oc(-c3ccc(Br)cc3)nc2-c2ccc(F)cc2)N(CCc2ccc(N)cc2)C1=O. The average Bonchev–Trinajstić information content (AvgIpc) is 3.41. The number of aromatic nitrogens is 1. The lowest BCUT2D eigenvalue weighted by Gasteiger charge is -2.22. The number of hydrogen-bond donors (Lipinski definition) is 1. The van der Waals surface area contributed by atoms with Crippen LogP contribution in [0.25, 0.3) is 22.7 Å². The first kappa shape index (κ1) is 23.3. The fourth-order valence-electron chi connectivity index (χ4n) is 4.07. The van der Waals surface area contributed by atoms with E-state index in [-0.39, 0.29) is 11.7 Å². The quantitative estimate of drug-likeness (QED) is 0.307. The number of benzene rings is 3. The summed E-state index contributed by atoms with van der Waals surface area (Å²) in [7, 11) is 0. The molecule has 5 rings (SSSR count). The minimum atomic E-state index is -0.761. The van der Waals surface area contributed by atoms with Crippen molar-refractivity contribution in [3.8, 4) is 22.7 Å². The van der Waals surface area contributed by atoms with Crippen molar-refractivity contribution in [2.24, 2.45) is 0 Å². The van der Waals surface area contributed by atoms with Crippen LogP contribution in [0.1, 0.15) is 24.5 Å². The predicted molar refractivity (Wildman–Crippen MR) is 135 cm³/mol. The van der Waals surface area contributed by atoms with Gasteiger partial charge in [-0.15, -0.1) is 0 Å². The molecule has 0 aliphatic carbocycles. The van der Waals surface area contributed by atoms with Gasteiger partial charge in [0.1, 0.15) is 17.6 Å². The van der Waals surface area contributed by atoms with Gasteiger partial charge in [-0.05, 0) is 79.6 Å². The van der Waals surface area contributed by atoms with E-state index in [2.05, 4.69) is 15.9 Å². The monoisotopic (exact) mass is 535 g/mol. The Kier molecular flexibility index (Phi) is 6.40. The molecular formula is C27H23BrFN3O3. The molecule has 1 aliphatic rings. The first-order valence-electron chi connectivity index (χ1n) is 11.2. The van der Waals surface area contributed by atoms with E-state index in [9.17, 15) is 9.18 Å². The van der Waals surface area contributed by atoms with Crippen molar-refractivity contribution < 1.29 is 18.3 Å². The molecule has 2 N–H and O–H groups in total. The minimum Gasteiger partial charge on any atom is -0.436 e. The molecule has 8 heteroatoms. The fraction of sp³-hybridized carbons (Fsp3) is 0.185. The number of hydrogen-bond acceptors (Lipinski definition) is 5. The molecule has 1 fully saturated rings. The summed E-state index contributed by atoms with van der Waals surface area (Å²) < 4.78 is 26.9. The van der Waals surface area contributed by atoms with Gasteiger partial charge >= 0.3 is 0 Å². The van der Waals surface area contributed by atoms with Crippen molar-refractivity contribution in [1.82, 2.24) is 9.88 Å².